The Morgan fingerprint density at radius 3 is 2.58 bits per heavy atom. The molecule has 0 atom stereocenters. The van der Waals surface area contributed by atoms with Crippen LogP contribution < -0.4 is 5.32 Å². The van der Waals surface area contributed by atoms with Crippen molar-refractivity contribution in [1.29, 1.82) is 5.26 Å². The van der Waals surface area contributed by atoms with Crippen molar-refractivity contribution in [2.75, 3.05) is 18.2 Å². The summed E-state index contributed by atoms with van der Waals surface area (Å²) in [4.78, 5) is 11.6. The second-order valence-electron chi connectivity index (χ2n) is 3.37. The zero-order chi connectivity index (χ0) is 14.3. The minimum absolute atomic E-state index is 0.0377. The monoisotopic (exact) mass is 296 g/mol. The van der Waals surface area contributed by atoms with Crippen LogP contribution in [0.1, 0.15) is 6.92 Å². The molecule has 0 unspecified atom stereocenters. The average molecular weight is 297 g/mol. The number of carbonyl (C=O) groups is 1. The summed E-state index contributed by atoms with van der Waals surface area (Å²) in [6.07, 6.45) is 1.77. The van der Waals surface area contributed by atoms with E-state index in [2.05, 4.69) is 5.32 Å². The lowest BCUT2D eigenvalue weighted by Crippen LogP contribution is -2.11. The molecule has 19 heavy (non-hydrogen) atoms. The van der Waals surface area contributed by atoms with Crippen LogP contribution in [-0.4, -0.2) is 18.8 Å². The first kappa shape index (κ1) is 15.4. The van der Waals surface area contributed by atoms with Gasteiger partial charge in [-0.05, 0) is 37.4 Å². The van der Waals surface area contributed by atoms with Gasteiger partial charge in [0.25, 0.3) is 0 Å². The number of rotatable bonds is 5. The molecule has 1 aromatic rings. The maximum atomic E-state index is 11.6. The topological polar surface area (TPSA) is 62.1 Å². The number of benzene rings is 1. The maximum absolute atomic E-state index is 11.6. The van der Waals surface area contributed by atoms with Crippen LogP contribution in [-0.2, 0) is 9.53 Å². The Labute approximate surface area is 121 Å². The molecule has 6 heteroatoms. The Hall–Kier alpha value is -1.64. The molecule has 1 rings (SSSR count). The van der Waals surface area contributed by atoms with Gasteiger partial charge in [0.2, 0.25) is 0 Å². The Morgan fingerprint density at radius 2 is 2.11 bits per heavy atom. The molecule has 0 saturated carbocycles. The van der Waals surface area contributed by atoms with Crippen LogP contribution in [0.4, 0.5) is 5.69 Å². The van der Waals surface area contributed by atoms with Gasteiger partial charge in [-0.3, -0.25) is 0 Å². The molecule has 0 bridgehead atoms. The van der Waals surface area contributed by atoms with Gasteiger partial charge in [-0.1, -0.05) is 11.6 Å². The Morgan fingerprint density at radius 1 is 1.47 bits per heavy atom. The van der Waals surface area contributed by atoms with Gasteiger partial charge in [0.1, 0.15) is 6.07 Å². The Bertz CT molecular complexity index is 520. The molecule has 1 N–H and O–H groups in total. The molecular formula is C13H13ClN2O2S. The van der Waals surface area contributed by atoms with Gasteiger partial charge in [-0.2, -0.15) is 5.26 Å². The van der Waals surface area contributed by atoms with Gasteiger partial charge in [-0.25, -0.2) is 4.79 Å². The molecule has 0 heterocycles. The molecule has 0 saturated heterocycles. The quantitative estimate of drug-likeness (QED) is 0.512. The van der Waals surface area contributed by atoms with Crippen LogP contribution in [0.3, 0.4) is 0 Å². The highest BCUT2D eigenvalue weighted by atomic mass is 35.5. The summed E-state index contributed by atoms with van der Waals surface area (Å²) in [5.74, 6) is -0.629. The van der Waals surface area contributed by atoms with E-state index in [4.69, 9.17) is 21.6 Å². The summed E-state index contributed by atoms with van der Waals surface area (Å²) in [5, 5.41) is 13.1. The van der Waals surface area contributed by atoms with Gasteiger partial charge in [0.15, 0.2) is 5.57 Å². The molecule has 100 valence electrons. The first-order chi connectivity index (χ1) is 9.12. The number of hydrogen-bond acceptors (Lipinski definition) is 5. The number of nitrogens with one attached hydrogen (secondary N) is 1. The smallest absolute Gasteiger partial charge is 0.351 e. The van der Waals surface area contributed by atoms with Crippen molar-refractivity contribution in [3.63, 3.8) is 0 Å². The van der Waals surface area contributed by atoms with E-state index in [1.807, 2.05) is 6.07 Å². The zero-order valence-electron chi connectivity index (χ0n) is 10.6. The molecule has 0 aliphatic rings. The summed E-state index contributed by atoms with van der Waals surface area (Å²) < 4.78 is 4.84. The third-order valence-corrected chi connectivity index (χ3v) is 3.09. The number of thioether (sulfide) groups is 1. The van der Waals surface area contributed by atoms with Gasteiger partial charge < -0.3 is 10.1 Å². The van der Waals surface area contributed by atoms with Crippen LogP contribution in [0, 0.1) is 11.3 Å². The summed E-state index contributed by atoms with van der Waals surface area (Å²) in [6.45, 7) is 1.92. The number of carbonyl (C=O) groups excluding carboxylic acids is 1. The maximum Gasteiger partial charge on any atom is 0.351 e. The van der Waals surface area contributed by atoms with Crippen LogP contribution in [0.2, 0.25) is 5.02 Å². The SMILES string of the molecule is CCOC(=O)/C(C#N)=C(/Nc1ccc(Cl)cc1)SC. The van der Waals surface area contributed by atoms with Gasteiger partial charge in [-0.15, -0.1) is 11.8 Å². The fourth-order valence-electron chi connectivity index (χ4n) is 1.27. The fraction of sp³-hybridized carbons (Fsp3) is 0.231. The van der Waals surface area contributed by atoms with E-state index in [9.17, 15) is 4.79 Å². The van der Waals surface area contributed by atoms with E-state index in [1.165, 1.54) is 11.8 Å². The van der Waals surface area contributed by atoms with Crippen molar-refractivity contribution in [2.24, 2.45) is 0 Å². The number of nitrogens with zero attached hydrogens (tertiary/aromatic N) is 1. The van der Waals surface area contributed by atoms with Crippen molar-refractivity contribution in [1.82, 2.24) is 0 Å². The first-order valence-corrected chi connectivity index (χ1v) is 7.10. The highest BCUT2D eigenvalue weighted by molar-refractivity contribution is 8.02. The van der Waals surface area contributed by atoms with Crippen molar-refractivity contribution in [3.8, 4) is 6.07 Å². The van der Waals surface area contributed by atoms with Crippen molar-refractivity contribution in [3.05, 3.63) is 39.9 Å². The van der Waals surface area contributed by atoms with Crippen molar-refractivity contribution >= 4 is 35.0 Å². The summed E-state index contributed by atoms with van der Waals surface area (Å²) >= 11 is 7.06. The number of ether oxygens (including phenoxy) is 1. The van der Waals surface area contributed by atoms with E-state index in [-0.39, 0.29) is 12.2 Å². The van der Waals surface area contributed by atoms with E-state index in [0.717, 1.165) is 5.69 Å². The zero-order valence-corrected chi connectivity index (χ0v) is 12.1. The molecule has 1 aromatic carbocycles. The number of halogens is 1. The van der Waals surface area contributed by atoms with E-state index < -0.39 is 5.97 Å². The van der Waals surface area contributed by atoms with Crippen LogP contribution in [0.5, 0.6) is 0 Å². The van der Waals surface area contributed by atoms with Gasteiger partial charge in [0.05, 0.1) is 11.6 Å². The lowest BCUT2D eigenvalue weighted by Gasteiger charge is -2.10. The molecule has 0 fully saturated rings. The standard InChI is InChI=1S/C13H13ClN2O2S/c1-3-18-13(17)11(8-15)12(19-2)16-10-6-4-9(14)5-7-10/h4-7,16H,3H2,1-2H3/b12-11-. The Balaban J connectivity index is 3.00. The normalized spacial score (nSPS) is 11.3. The predicted octanol–water partition coefficient (Wildman–Crippen LogP) is 3.41. The van der Waals surface area contributed by atoms with Crippen molar-refractivity contribution < 1.29 is 9.53 Å². The van der Waals surface area contributed by atoms with Crippen molar-refractivity contribution in [2.45, 2.75) is 6.92 Å². The van der Waals surface area contributed by atoms with E-state index >= 15 is 0 Å². The van der Waals surface area contributed by atoms with Crippen LogP contribution >= 0.6 is 23.4 Å². The lowest BCUT2D eigenvalue weighted by molar-refractivity contribution is -0.138. The fourth-order valence-corrected chi connectivity index (χ4v) is 1.95. The van der Waals surface area contributed by atoms with E-state index in [0.29, 0.717) is 10.1 Å². The lowest BCUT2D eigenvalue weighted by atomic mass is 10.3. The summed E-state index contributed by atoms with van der Waals surface area (Å²) in [6, 6.07) is 8.83. The minimum Gasteiger partial charge on any atom is -0.462 e. The van der Waals surface area contributed by atoms with Crippen LogP contribution in [0.25, 0.3) is 0 Å². The molecule has 0 aromatic heterocycles. The molecular weight excluding hydrogens is 284 g/mol. The first-order valence-electron chi connectivity index (χ1n) is 5.50. The third-order valence-electron chi connectivity index (χ3n) is 2.12. The number of anilines is 1. The predicted molar refractivity (Wildman–Crippen MR) is 77.9 cm³/mol. The highest BCUT2D eigenvalue weighted by Gasteiger charge is 2.16. The van der Waals surface area contributed by atoms with Crippen LogP contribution in [0.15, 0.2) is 34.9 Å². The number of hydrogen-bond donors (Lipinski definition) is 1. The molecule has 4 nitrogen and oxygen atoms in total. The average Bonchev–Trinajstić information content (AvgIpc) is 2.41. The summed E-state index contributed by atoms with van der Waals surface area (Å²) in [7, 11) is 0. The molecule has 0 radical (unpaired) electrons. The second kappa shape index (κ2) is 7.72. The number of esters is 1. The third kappa shape index (κ3) is 4.51. The minimum atomic E-state index is -0.629. The molecule has 0 aliphatic heterocycles. The summed E-state index contributed by atoms with van der Waals surface area (Å²) in [5.41, 5.74) is 0.704. The molecule has 0 aliphatic carbocycles. The Kier molecular flexibility index (Phi) is 6.26. The molecule has 0 spiro atoms. The number of nitriles is 1. The second-order valence-corrected chi connectivity index (χ2v) is 4.63. The highest BCUT2D eigenvalue weighted by Crippen LogP contribution is 2.22. The van der Waals surface area contributed by atoms with E-state index in [1.54, 1.807) is 37.4 Å². The van der Waals surface area contributed by atoms with Gasteiger partial charge >= 0.3 is 5.97 Å². The largest absolute Gasteiger partial charge is 0.462 e. The van der Waals surface area contributed by atoms with Gasteiger partial charge in [0, 0.05) is 10.7 Å². The molecule has 0 amide bonds.